The number of amides is 1. The maximum absolute atomic E-state index is 12.5. The van der Waals surface area contributed by atoms with Gasteiger partial charge < -0.3 is 14.8 Å². The summed E-state index contributed by atoms with van der Waals surface area (Å²) >= 11 is 0. The van der Waals surface area contributed by atoms with E-state index in [2.05, 4.69) is 10.4 Å². The zero-order chi connectivity index (χ0) is 21.0. The first kappa shape index (κ1) is 21.0. The van der Waals surface area contributed by atoms with Crippen LogP contribution in [0.1, 0.15) is 57.5 Å². The molecule has 0 saturated carbocycles. The van der Waals surface area contributed by atoms with Crippen LogP contribution in [0.25, 0.3) is 0 Å². The van der Waals surface area contributed by atoms with E-state index in [4.69, 9.17) is 9.47 Å². The second-order valence-electron chi connectivity index (χ2n) is 7.68. The van der Waals surface area contributed by atoms with Gasteiger partial charge in [0.05, 0.1) is 19.3 Å². The summed E-state index contributed by atoms with van der Waals surface area (Å²) in [6.45, 7) is 6.38. The van der Waals surface area contributed by atoms with Gasteiger partial charge in [-0.1, -0.05) is 12.5 Å². The Kier molecular flexibility index (Phi) is 6.61. The number of fused-ring (bicyclic) bond motifs is 1. The fraction of sp³-hybridized carbons (Fsp3) is 0.571. The van der Waals surface area contributed by atoms with Gasteiger partial charge in [0.15, 0.2) is 11.5 Å². The number of nitrogens with one attached hydrogen (secondary N) is 1. The topological polar surface area (TPSA) is 87.4 Å². The van der Waals surface area contributed by atoms with Gasteiger partial charge in [-0.05, 0) is 51.3 Å². The Morgan fingerprint density at radius 2 is 2.00 bits per heavy atom. The number of rotatable bonds is 7. The van der Waals surface area contributed by atoms with Gasteiger partial charge >= 0.3 is 5.69 Å². The lowest BCUT2D eigenvalue weighted by Gasteiger charge is -2.18. The zero-order valence-electron chi connectivity index (χ0n) is 17.6. The summed E-state index contributed by atoms with van der Waals surface area (Å²) in [6.07, 6.45) is 3.92. The standard InChI is InChI=1S/C21H30N4O4/c1-14(2)29-17-10-9-16(12-18(17)28-4)15(3)22-20(26)13-25-21(27)24-11-7-5-6-8-19(24)23-25/h9-10,12,14-15H,5-8,11,13H2,1-4H3,(H,22,26). The Labute approximate surface area is 170 Å². The van der Waals surface area contributed by atoms with Crippen LogP contribution >= 0.6 is 0 Å². The molecule has 0 aliphatic carbocycles. The van der Waals surface area contributed by atoms with Crippen molar-refractivity contribution in [1.82, 2.24) is 19.7 Å². The van der Waals surface area contributed by atoms with E-state index in [1.165, 1.54) is 4.68 Å². The molecule has 1 aromatic heterocycles. The van der Waals surface area contributed by atoms with Gasteiger partial charge in [-0.2, -0.15) is 5.10 Å². The number of hydrogen-bond acceptors (Lipinski definition) is 5. The van der Waals surface area contributed by atoms with Gasteiger partial charge in [0, 0.05) is 13.0 Å². The van der Waals surface area contributed by atoms with E-state index in [0.717, 1.165) is 37.1 Å². The van der Waals surface area contributed by atoms with Crippen LogP contribution in [0.15, 0.2) is 23.0 Å². The van der Waals surface area contributed by atoms with Crippen LogP contribution in [0.4, 0.5) is 0 Å². The Bertz CT molecular complexity index is 916. The average Bonchev–Trinajstić information content (AvgIpc) is 2.84. The molecule has 3 rings (SSSR count). The second kappa shape index (κ2) is 9.15. The third kappa shape index (κ3) is 4.99. The van der Waals surface area contributed by atoms with Crippen molar-refractivity contribution in [3.8, 4) is 11.5 Å². The van der Waals surface area contributed by atoms with Crippen LogP contribution in [0.2, 0.25) is 0 Å². The second-order valence-corrected chi connectivity index (χ2v) is 7.68. The SMILES string of the molecule is COc1cc(C(C)NC(=O)Cn2nc3n(c2=O)CCCCC3)ccc1OC(C)C. The molecule has 0 bridgehead atoms. The molecule has 1 amide bonds. The quantitative estimate of drug-likeness (QED) is 0.769. The van der Waals surface area contributed by atoms with Crippen molar-refractivity contribution < 1.29 is 14.3 Å². The molecule has 1 atom stereocenters. The minimum atomic E-state index is -0.255. The molecule has 1 aromatic carbocycles. The maximum atomic E-state index is 12.5. The Morgan fingerprint density at radius 1 is 1.21 bits per heavy atom. The highest BCUT2D eigenvalue weighted by atomic mass is 16.5. The Balaban J connectivity index is 1.67. The monoisotopic (exact) mass is 402 g/mol. The van der Waals surface area contributed by atoms with Crippen LogP contribution in [0.5, 0.6) is 11.5 Å². The van der Waals surface area contributed by atoms with E-state index in [0.29, 0.717) is 18.0 Å². The Morgan fingerprint density at radius 3 is 2.72 bits per heavy atom. The number of nitrogens with zero attached hydrogens (tertiary/aromatic N) is 3. The van der Waals surface area contributed by atoms with Crippen LogP contribution in [0, 0.1) is 0 Å². The summed E-state index contributed by atoms with van der Waals surface area (Å²) in [5.74, 6) is 1.80. The molecule has 1 unspecified atom stereocenters. The largest absolute Gasteiger partial charge is 0.493 e. The maximum Gasteiger partial charge on any atom is 0.346 e. The van der Waals surface area contributed by atoms with E-state index in [9.17, 15) is 9.59 Å². The lowest BCUT2D eigenvalue weighted by atomic mass is 10.1. The van der Waals surface area contributed by atoms with Crippen LogP contribution in [0.3, 0.4) is 0 Å². The van der Waals surface area contributed by atoms with Gasteiger partial charge in [-0.3, -0.25) is 9.36 Å². The van der Waals surface area contributed by atoms with Gasteiger partial charge in [0.2, 0.25) is 5.91 Å². The molecule has 0 fully saturated rings. The van der Waals surface area contributed by atoms with E-state index >= 15 is 0 Å². The molecule has 8 nitrogen and oxygen atoms in total. The van der Waals surface area contributed by atoms with Crippen molar-refractivity contribution in [2.45, 2.75) is 71.7 Å². The first-order chi connectivity index (χ1) is 13.9. The molecule has 158 valence electrons. The zero-order valence-corrected chi connectivity index (χ0v) is 17.6. The molecule has 0 saturated heterocycles. The fourth-order valence-corrected chi connectivity index (χ4v) is 3.54. The third-order valence-corrected chi connectivity index (χ3v) is 5.00. The normalized spacial score (nSPS) is 14.8. The third-order valence-electron chi connectivity index (χ3n) is 5.00. The van der Waals surface area contributed by atoms with Crippen molar-refractivity contribution in [3.05, 3.63) is 40.1 Å². The molecule has 0 spiro atoms. The van der Waals surface area contributed by atoms with Crippen molar-refractivity contribution in [2.24, 2.45) is 0 Å². The highest BCUT2D eigenvalue weighted by molar-refractivity contribution is 5.76. The molecule has 1 N–H and O–H groups in total. The first-order valence-electron chi connectivity index (χ1n) is 10.2. The number of aryl methyl sites for hydroxylation is 1. The summed E-state index contributed by atoms with van der Waals surface area (Å²) in [7, 11) is 1.59. The summed E-state index contributed by atoms with van der Waals surface area (Å²) in [4.78, 5) is 25.0. The molecule has 2 aromatic rings. The number of hydrogen-bond donors (Lipinski definition) is 1. The van der Waals surface area contributed by atoms with E-state index in [1.54, 1.807) is 11.7 Å². The fourth-order valence-electron chi connectivity index (χ4n) is 3.54. The van der Waals surface area contributed by atoms with Crippen molar-refractivity contribution >= 4 is 5.91 Å². The average molecular weight is 402 g/mol. The molecule has 8 heteroatoms. The predicted molar refractivity (Wildman–Crippen MR) is 109 cm³/mol. The highest BCUT2D eigenvalue weighted by Crippen LogP contribution is 2.31. The number of methoxy groups -OCH3 is 1. The van der Waals surface area contributed by atoms with Crippen molar-refractivity contribution in [3.63, 3.8) is 0 Å². The van der Waals surface area contributed by atoms with Crippen LogP contribution in [-0.4, -0.2) is 33.5 Å². The number of benzene rings is 1. The first-order valence-corrected chi connectivity index (χ1v) is 10.2. The lowest BCUT2D eigenvalue weighted by molar-refractivity contribution is -0.122. The minimum Gasteiger partial charge on any atom is -0.493 e. The van der Waals surface area contributed by atoms with Crippen molar-refractivity contribution in [1.29, 1.82) is 0 Å². The van der Waals surface area contributed by atoms with Gasteiger partial charge in [-0.25, -0.2) is 9.48 Å². The molecular formula is C21H30N4O4. The molecule has 29 heavy (non-hydrogen) atoms. The highest BCUT2D eigenvalue weighted by Gasteiger charge is 2.19. The van der Waals surface area contributed by atoms with E-state index in [-0.39, 0.29) is 30.3 Å². The predicted octanol–water partition coefficient (Wildman–Crippen LogP) is 2.44. The number of carbonyl (C=O) groups excluding carboxylic acids is 1. The molecule has 2 heterocycles. The Hall–Kier alpha value is -2.77. The van der Waals surface area contributed by atoms with Gasteiger partial charge in [0.1, 0.15) is 12.4 Å². The van der Waals surface area contributed by atoms with Gasteiger partial charge in [0.25, 0.3) is 0 Å². The van der Waals surface area contributed by atoms with E-state index in [1.807, 2.05) is 39.0 Å². The van der Waals surface area contributed by atoms with Crippen LogP contribution < -0.4 is 20.5 Å². The summed E-state index contributed by atoms with van der Waals surface area (Å²) in [6, 6.07) is 5.35. The summed E-state index contributed by atoms with van der Waals surface area (Å²) in [5, 5.41) is 7.30. The number of aromatic nitrogens is 3. The molecule has 0 radical (unpaired) electrons. The van der Waals surface area contributed by atoms with Crippen molar-refractivity contribution in [2.75, 3.05) is 7.11 Å². The van der Waals surface area contributed by atoms with Gasteiger partial charge in [-0.15, -0.1) is 0 Å². The number of carbonyl (C=O) groups is 1. The summed E-state index contributed by atoms with van der Waals surface area (Å²) < 4.78 is 14.1. The van der Waals surface area contributed by atoms with Crippen LogP contribution in [-0.2, 0) is 24.3 Å². The minimum absolute atomic E-state index is 0.0372. The smallest absolute Gasteiger partial charge is 0.346 e. The summed E-state index contributed by atoms with van der Waals surface area (Å²) in [5.41, 5.74) is 0.681. The lowest BCUT2D eigenvalue weighted by Crippen LogP contribution is -2.35. The molecule has 1 aliphatic rings. The number of ether oxygens (including phenoxy) is 2. The van der Waals surface area contributed by atoms with E-state index < -0.39 is 0 Å². The molecule has 1 aliphatic heterocycles. The molecular weight excluding hydrogens is 372 g/mol.